The Morgan fingerprint density at radius 2 is 1.79 bits per heavy atom. The van der Waals surface area contributed by atoms with E-state index in [-0.39, 0.29) is 24.3 Å². The smallest absolute Gasteiger partial charge is 0.407 e. The fourth-order valence-corrected chi connectivity index (χ4v) is 1.21. The van der Waals surface area contributed by atoms with Gasteiger partial charge in [-0.3, -0.25) is 4.79 Å². The Balaban J connectivity index is 3.51. The largest absolute Gasteiger partial charge is 0.466 e. The molecule has 0 saturated carbocycles. The molecule has 0 aromatic heterocycles. The van der Waals surface area contributed by atoms with Crippen LogP contribution in [-0.4, -0.2) is 31.8 Å². The van der Waals surface area contributed by atoms with Crippen molar-refractivity contribution in [1.29, 1.82) is 0 Å². The summed E-state index contributed by atoms with van der Waals surface area (Å²) < 4.78 is 10.0. The standard InChI is InChI=1S/C14H27NO4/c1-5-6-7-10-18-12(16)8-9-15-13(17)19-11-14(2,3)4/h5-11H2,1-4H3,(H,15,17). The van der Waals surface area contributed by atoms with Gasteiger partial charge in [0.05, 0.1) is 19.6 Å². The highest BCUT2D eigenvalue weighted by Gasteiger charge is 2.13. The molecule has 0 aliphatic heterocycles. The van der Waals surface area contributed by atoms with Crippen LogP contribution in [-0.2, 0) is 14.3 Å². The molecule has 0 atom stereocenters. The van der Waals surface area contributed by atoms with Gasteiger partial charge in [-0.15, -0.1) is 0 Å². The van der Waals surface area contributed by atoms with E-state index in [1.807, 2.05) is 20.8 Å². The summed E-state index contributed by atoms with van der Waals surface area (Å²) in [4.78, 5) is 22.6. The molecule has 1 amide bonds. The van der Waals surface area contributed by atoms with Gasteiger partial charge >= 0.3 is 12.1 Å². The van der Waals surface area contributed by atoms with Crippen LogP contribution in [0, 0.1) is 5.41 Å². The van der Waals surface area contributed by atoms with E-state index in [1.54, 1.807) is 0 Å². The van der Waals surface area contributed by atoms with Gasteiger partial charge in [0.25, 0.3) is 0 Å². The summed E-state index contributed by atoms with van der Waals surface area (Å²) in [6.45, 7) is 9.09. The Morgan fingerprint density at radius 1 is 1.11 bits per heavy atom. The summed E-state index contributed by atoms with van der Waals surface area (Å²) in [7, 11) is 0. The van der Waals surface area contributed by atoms with Crippen LogP contribution in [0.15, 0.2) is 0 Å². The van der Waals surface area contributed by atoms with Gasteiger partial charge in [0, 0.05) is 6.54 Å². The molecular weight excluding hydrogens is 246 g/mol. The zero-order valence-electron chi connectivity index (χ0n) is 12.6. The minimum atomic E-state index is -0.492. The van der Waals surface area contributed by atoms with E-state index in [0.717, 1.165) is 19.3 Å². The third-order valence-corrected chi connectivity index (χ3v) is 2.25. The first-order valence-corrected chi connectivity index (χ1v) is 6.91. The van der Waals surface area contributed by atoms with Crippen LogP contribution < -0.4 is 5.32 Å². The van der Waals surface area contributed by atoms with E-state index in [0.29, 0.717) is 13.2 Å². The average Bonchev–Trinajstić information content (AvgIpc) is 2.31. The van der Waals surface area contributed by atoms with E-state index in [4.69, 9.17) is 9.47 Å². The van der Waals surface area contributed by atoms with E-state index in [2.05, 4.69) is 12.2 Å². The van der Waals surface area contributed by atoms with Crippen LogP contribution in [0.25, 0.3) is 0 Å². The molecule has 0 spiro atoms. The predicted octanol–water partition coefficient (Wildman–Crippen LogP) is 2.88. The van der Waals surface area contributed by atoms with Gasteiger partial charge in [-0.05, 0) is 11.8 Å². The minimum Gasteiger partial charge on any atom is -0.466 e. The van der Waals surface area contributed by atoms with Crippen molar-refractivity contribution in [3.05, 3.63) is 0 Å². The van der Waals surface area contributed by atoms with E-state index < -0.39 is 6.09 Å². The molecule has 1 N–H and O–H groups in total. The fraction of sp³-hybridized carbons (Fsp3) is 0.857. The van der Waals surface area contributed by atoms with Crippen molar-refractivity contribution in [2.45, 2.75) is 53.4 Å². The summed E-state index contributed by atoms with van der Waals surface area (Å²) in [6, 6.07) is 0. The number of carbonyl (C=O) groups is 2. The minimum absolute atomic E-state index is 0.0600. The van der Waals surface area contributed by atoms with Crippen molar-refractivity contribution < 1.29 is 19.1 Å². The second-order valence-electron chi connectivity index (χ2n) is 5.74. The first-order chi connectivity index (χ1) is 8.85. The Labute approximate surface area is 116 Å². The maximum atomic E-state index is 11.3. The zero-order valence-corrected chi connectivity index (χ0v) is 12.6. The van der Waals surface area contributed by atoms with Crippen LogP contribution in [0.4, 0.5) is 4.79 Å². The maximum absolute atomic E-state index is 11.3. The third kappa shape index (κ3) is 13.0. The van der Waals surface area contributed by atoms with Gasteiger partial charge in [-0.2, -0.15) is 0 Å². The highest BCUT2D eigenvalue weighted by Crippen LogP contribution is 2.12. The number of unbranched alkanes of at least 4 members (excludes halogenated alkanes) is 2. The molecule has 0 bridgehead atoms. The second kappa shape index (κ2) is 9.64. The monoisotopic (exact) mass is 273 g/mol. The SMILES string of the molecule is CCCCCOC(=O)CCNC(=O)OCC(C)(C)C. The maximum Gasteiger partial charge on any atom is 0.407 e. The molecule has 0 rings (SSSR count). The van der Waals surface area contributed by atoms with Crippen LogP contribution >= 0.6 is 0 Å². The number of hydrogen-bond donors (Lipinski definition) is 1. The Kier molecular flexibility index (Phi) is 9.00. The number of rotatable bonds is 8. The molecule has 0 aliphatic rings. The van der Waals surface area contributed by atoms with E-state index >= 15 is 0 Å². The fourth-order valence-electron chi connectivity index (χ4n) is 1.21. The van der Waals surface area contributed by atoms with Crippen molar-refractivity contribution >= 4 is 12.1 Å². The Hall–Kier alpha value is -1.26. The number of hydrogen-bond acceptors (Lipinski definition) is 4. The molecule has 19 heavy (non-hydrogen) atoms. The number of ether oxygens (including phenoxy) is 2. The van der Waals surface area contributed by atoms with Crippen LogP contribution in [0.1, 0.15) is 53.4 Å². The molecular formula is C14H27NO4. The molecule has 0 unspecified atom stereocenters. The van der Waals surface area contributed by atoms with Crippen LogP contribution in [0.3, 0.4) is 0 Å². The van der Waals surface area contributed by atoms with Gasteiger partial charge < -0.3 is 14.8 Å². The number of amides is 1. The number of nitrogens with one attached hydrogen (secondary N) is 1. The Morgan fingerprint density at radius 3 is 2.37 bits per heavy atom. The topological polar surface area (TPSA) is 64.6 Å². The van der Waals surface area contributed by atoms with Crippen molar-refractivity contribution in [1.82, 2.24) is 5.32 Å². The lowest BCUT2D eigenvalue weighted by molar-refractivity contribution is -0.143. The third-order valence-electron chi connectivity index (χ3n) is 2.25. The molecule has 5 nitrogen and oxygen atoms in total. The average molecular weight is 273 g/mol. The lowest BCUT2D eigenvalue weighted by atomic mass is 9.99. The molecule has 0 saturated heterocycles. The summed E-state index contributed by atoms with van der Waals surface area (Å²) >= 11 is 0. The lowest BCUT2D eigenvalue weighted by Crippen LogP contribution is -2.30. The van der Waals surface area contributed by atoms with Crippen LogP contribution in [0.2, 0.25) is 0 Å². The lowest BCUT2D eigenvalue weighted by Gasteiger charge is -2.17. The van der Waals surface area contributed by atoms with E-state index in [9.17, 15) is 9.59 Å². The van der Waals surface area contributed by atoms with Gasteiger partial charge in [-0.25, -0.2) is 4.79 Å². The summed E-state index contributed by atoms with van der Waals surface area (Å²) in [5.41, 5.74) is -0.0600. The highest BCUT2D eigenvalue weighted by molar-refractivity contribution is 5.71. The van der Waals surface area contributed by atoms with E-state index in [1.165, 1.54) is 0 Å². The van der Waals surface area contributed by atoms with Crippen LogP contribution in [0.5, 0.6) is 0 Å². The second-order valence-corrected chi connectivity index (χ2v) is 5.74. The quantitative estimate of drug-likeness (QED) is 0.545. The molecule has 0 radical (unpaired) electrons. The molecule has 0 aromatic carbocycles. The predicted molar refractivity (Wildman–Crippen MR) is 73.9 cm³/mol. The van der Waals surface area contributed by atoms with Gasteiger partial charge in [0.2, 0.25) is 0 Å². The Bertz CT molecular complexity index is 271. The molecule has 112 valence electrons. The van der Waals surface area contributed by atoms with Crippen molar-refractivity contribution in [3.8, 4) is 0 Å². The molecule has 5 heteroatoms. The van der Waals surface area contributed by atoms with Gasteiger partial charge in [0.15, 0.2) is 0 Å². The zero-order chi connectivity index (χ0) is 14.7. The van der Waals surface area contributed by atoms with Crippen molar-refractivity contribution in [3.63, 3.8) is 0 Å². The summed E-state index contributed by atoms with van der Waals surface area (Å²) in [5.74, 6) is -0.285. The number of carbonyl (C=O) groups excluding carboxylic acids is 2. The molecule has 0 aliphatic carbocycles. The molecule has 0 fully saturated rings. The summed E-state index contributed by atoms with van der Waals surface area (Å²) in [6.07, 6.45) is 2.73. The highest BCUT2D eigenvalue weighted by atomic mass is 16.5. The molecule has 0 aromatic rings. The summed E-state index contributed by atoms with van der Waals surface area (Å²) in [5, 5.41) is 2.53. The normalized spacial score (nSPS) is 10.9. The molecule has 0 heterocycles. The number of esters is 1. The first kappa shape index (κ1) is 17.7. The van der Waals surface area contributed by atoms with Crippen molar-refractivity contribution in [2.75, 3.05) is 19.8 Å². The first-order valence-electron chi connectivity index (χ1n) is 6.91. The van der Waals surface area contributed by atoms with Gasteiger partial charge in [-0.1, -0.05) is 40.5 Å². The number of alkyl carbamates (subject to hydrolysis) is 1. The van der Waals surface area contributed by atoms with Gasteiger partial charge in [0.1, 0.15) is 0 Å². The van der Waals surface area contributed by atoms with Crippen molar-refractivity contribution in [2.24, 2.45) is 5.41 Å².